The highest BCUT2D eigenvalue weighted by atomic mass is 35.5. The second-order valence-corrected chi connectivity index (χ2v) is 9.17. The molecule has 0 spiro atoms. The van der Waals surface area contributed by atoms with Crippen molar-refractivity contribution in [2.45, 2.75) is 18.4 Å². The van der Waals surface area contributed by atoms with E-state index in [1.165, 1.54) is 11.3 Å². The van der Waals surface area contributed by atoms with E-state index >= 15 is 0 Å². The minimum absolute atomic E-state index is 0.0456. The molecule has 0 aliphatic carbocycles. The molecule has 0 aliphatic rings. The summed E-state index contributed by atoms with van der Waals surface area (Å²) in [7, 11) is 0. The number of aliphatic hydroxyl groups is 2. The zero-order chi connectivity index (χ0) is 22.0. The molecule has 4 aromatic rings. The summed E-state index contributed by atoms with van der Waals surface area (Å²) in [6, 6.07) is 18.2. The van der Waals surface area contributed by atoms with E-state index in [0.29, 0.717) is 40.1 Å². The lowest BCUT2D eigenvalue weighted by atomic mass is 9.94. The number of halogens is 1. The Kier molecular flexibility index (Phi) is 6.27. The van der Waals surface area contributed by atoms with Gasteiger partial charge in [0.25, 0.3) is 0 Å². The van der Waals surface area contributed by atoms with Gasteiger partial charge >= 0.3 is 0 Å². The van der Waals surface area contributed by atoms with Crippen molar-refractivity contribution in [1.29, 1.82) is 0 Å². The third-order valence-corrected chi connectivity index (χ3v) is 6.68. The lowest BCUT2D eigenvalue weighted by Crippen LogP contribution is -2.47. The van der Waals surface area contributed by atoms with Crippen LogP contribution in [0.5, 0.6) is 11.5 Å². The number of benzene rings is 3. The molecule has 1 aromatic heterocycles. The molecule has 0 aliphatic heterocycles. The Hall–Kier alpha value is -2.48. The highest BCUT2D eigenvalue weighted by Crippen LogP contribution is 2.30. The Morgan fingerprint density at radius 1 is 0.903 bits per heavy atom. The first-order valence-electron chi connectivity index (χ1n) is 9.84. The van der Waals surface area contributed by atoms with E-state index in [4.69, 9.17) is 22.1 Å². The van der Waals surface area contributed by atoms with Gasteiger partial charge < -0.3 is 20.7 Å². The fraction of sp³-hybridized carbons (Fsp3) is 0.208. The van der Waals surface area contributed by atoms with E-state index in [2.05, 4.69) is 0 Å². The van der Waals surface area contributed by atoms with Gasteiger partial charge in [-0.25, -0.2) is 0 Å². The second-order valence-electron chi connectivity index (χ2n) is 7.65. The molecule has 5 nitrogen and oxygen atoms in total. The minimum atomic E-state index is -1.01. The van der Waals surface area contributed by atoms with Crippen LogP contribution in [0.1, 0.15) is 12.0 Å². The first-order chi connectivity index (χ1) is 14.9. The third kappa shape index (κ3) is 4.74. The van der Waals surface area contributed by atoms with Crippen LogP contribution < -0.4 is 15.9 Å². The maximum absolute atomic E-state index is 13.1. The van der Waals surface area contributed by atoms with Crippen LogP contribution in [0.4, 0.5) is 0 Å². The normalized spacial score (nSPS) is 11.9. The van der Waals surface area contributed by atoms with Gasteiger partial charge in [0.15, 0.2) is 5.43 Å². The van der Waals surface area contributed by atoms with Crippen LogP contribution in [0.2, 0.25) is 5.02 Å². The van der Waals surface area contributed by atoms with Crippen LogP contribution in [0.15, 0.2) is 65.5 Å². The summed E-state index contributed by atoms with van der Waals surface area (Å²) in [5, 5.41) is 20.6. The zero-order valence-electron chi connectivity index (χ0n) is 16.7. The summed E-state index contributed by atoms with van der Waals surface area (Å²) in [5.41, 5.74) is 5.91. The number of nitrogens with two attached hydrogens (primary N) is 1. The lowest BCUT2D eigenvalue weighted by Gasteiger charge is -2.24. The van der Waals surface area contributed by atoms with Gasteiger partial charge in [0.2, 0.25) is 0 Å². The standard InChI is InChI=1S/C24H22ClNO4S/c25-16-2-4-17(5-3-16)30-18-6-8-21-20(12-18)23(29)19-7-1-15(11-22(19)31-21)9-10-24(26,13-27)14-28/h1-8,11-12,27-28H,9-10,13-14,26H2. The van der Waals surface area contributed by atoms with Crippen LogP contribution in [0.3, 0.4) is 0 Å². The number of ether oxygens (including phenoxy) is 1. The molecule has 0 saturated carbocycles. The molecule has 0 amide bonds. The summed E-state index contributed by atoms with van der Waals surface area (Å²) in [5.74, 6) is 1.23. The highest BCUT2D eigenvalue weighted by molar-refractivity contribution is 7.24. The topological polar surface area (TPSA) is 92.8 Å². The van der Waals surface area contributed by atoms with Crippen molar-refractivity contribution in [3.8, 4) is 11.5 Å². The summed E-state index contributed by atoms with van der Waals surface area (Å²) < 4.78 is 7.63. The Balaban J connectivity index is 1.65. The van der Waals surface area contributed by atoms with Crippen molar-refractivity contribution in [2.24, 2.45) is 5.73 Å². The van der Waals surface area contributed by atoms with Crippen LogP contribution in [0.25, 0.3) is 20.2 Å². The van der Waals surface area contributed by atoms with Crippen molar-refractivity contribution < 1.29 is 14.9 Å². The van der Waals surface area contributed by atoms with Gasteiger partial charge in [-0.2, -0.15) is 0 Å². The third-order valence-electron chi connectivity index (χ3n) is 5.30. The largest absolute Gasteiger partial charge is 0.457 e. The van der Waals surface area contributed by atoms with Crippen LogP contribution >= 0.6 is 22.9 Å². The number of aliphatic hydroxyl groups excluding tert-OH is 2. The monoisotopic (exact) mass is 455 g/mol. The molecule has 4 N–H and O–H groups in total. The zero-order valence-corrected chi connectivity index (χ0v) is 18.2. The van der Waals surface area contributed by atoms with Gasteiger partial charge in [0.1, 0.15) is 11.5 Å². The fourth-order valence-corrected chi connectivity index (χ4v) is 4.58. The van der Waals surface area contributed by atoms with E-state index in [0.717, 1.165) is 15.0 Å². The first kappa shape index (κ1) is 21.7. The first-order valence-corrected chi connectivity index (χ1v) is 11.0. The van der Waals surface area contributed by atoms with E-state index in [1.807, 2.05) is 30.3 Å². The molecule has 7 heteroatoms. The number of hydrogen-bond donors (Lipinski definition) is 3. The summed E-state index contributed by atoms with van der Waals surface area (Å²) in [6.07, 6.45) is 1.04. The molecule has 0 fully saturated rings. The van der Waals surface area contributed by atoms with Gasteiger partial charge in [0.05, 0.1) is 18.8 Å². The number of aryl methyl sites for hydroxylation is 1. The molecular formula is C24H22ClNO4S. The Morgan fingerprint density at radius 3 is 2.32 bits per heavy atom. The fourth-order valence-electron chi connectivity index (χ4n) is 3.34. The second kappa shape index (κ2) is 8.94. The van der Waals surface area contributed by atoms with Crippen LogP contribution in [-0.2, 0) is 6.42 Å². The molecule has 0 saturated heterocycles. The quantitative estimate of drug-likeness (QED) is 0.357. The Labute approximate surface area is 188 Å². The van der Waals surface area contributed by atoms with Crippen molar-refractivity contribution >= 4 is 43.1 Å². The van der Waals surface area contributed by atoms with Crippen molar-refractivity contribution in [2.75, 3.05) is 13.2 Å². The molecule has 0 bridgehead atoms. The average molecular weight is 456 g/mol. The van der Waals surface area contributed by atoms with Gasteiger partial charge in [0, 0.05) is 25.2 Å². The smallest absolute Gasteiger partial charge is 0.196 e. The van der Waals surface area contributed by atoms with Crippen molar-refractivity contribution in [3.05, 3.63) is 81.5 Å². The number of rotatable bonds is 7. The van der Waals surface area contributed by atoms with Gasteiger partial charge in [-0.15, -0.1) is 11.3 Å². The number of fused-ring (bicyclic) bond motifs is 2. The predicted molar refractivity (Wildman–Crippen MR) is 127 cm³/mol. The van der Waals surface area contributed by atoms with Crippen LogP contribution in [0, 0.1) is 0 Å². The lowest BCUT2D eigenvalue weighted by molar-refractivity contribution is 0.115. The molecule has 0 radical (unpaired) electrons. The SMILES string of the molecule is NC(CO)(CO)CCc1ccc2c(=O)c3cc(Oc4ccc(Cl)cc4)ccc3sc2c1. The molecule has 160 valence electrons. The average Bonchev–Trinajstić information content (AvgIpc) is 2.79. The van der Waals surface area contributed by atoms with Gasteiger partial charge in [-0.05, 0) is 73.0 Å². The summed E-state index contributed by atoms with van der Waals surface area (Å²) in [6.45, 7) is -0.565. The Morgan fingerprint density at radius 2 is 1.61 bits per heavy atom. The molecule has 0 atom stereocenters. The molecular weight excluding hydrogens is 434 g/mol. The van der Waals surface area contributed by atoms with E-state index < -0.39 is 5.54 Å². The van der Waals surface area contributed by atoms with Crippen LogP contribution in [-0.4, -0.2) is 29.0 Å². The number of hydrogen-bond acceptors (Lipinski definition) is 6. The molecule has 0 unspecified atom stereocenters. The van der Waals surface area contributed by atoms with Gasteiger partial charge in [-0.1, -0.05) is 17.7 Å². The maximum atomic E-state index is 13.1. The van der Waals surface area contributed by atoms with Crippen molar-refractivity contribution in [1.82, 2.24) is 0 Å². The van der Waals surface area contributed by atoms with E-state index in [1.54, 1.807) is 30.3 Å². The molecule has 1 heterocycles. The Bertz CT molecular complexity index is 1280. The van der Waals surface area contributed by atoms with E-state index in [-0.39, 0.29) is 18.6 Å². The predicted octanol–water partition coefficient (Wildman–Crippen LogP) is 4.48. The molecule has 4 rings (SSSR count). The molecule has 3 aromatic carbocycles. The van der Waals surface area contributed by atoms with Gasteiger partial charge in [-0.3, -0.25) is 4.79 Å². The van der Waals surface area contributed by atoms with Crippen molar-refractivity contribution in [3.63, 3.8) is 0 Å². The minimum Gasteiger partial charge on any atom is -0.457 e. The van der Waals surface area contributed by atoms with E-state index in [9.17, 15) is 15.0 Å². The highest BCUT2D eigenvalue weighted by Gasteiger charge is 2.22. The molecule has 31 heavy (non-hydrogen) atoms. The summed E-state index contributed by atoms with van der Waals surface area (Å²) in [4.78, 5) is 13.1. The maximum Gasteiger partial charge on any atom is 0.196 e. The summed E-state index contributed by atoms with van der Waals surface area (Å²) >= 11 is 7.45.